The van der Waals surface area contributed by atoms with E-state index in [1.807, 2.05) is 22.6 Å². The van der Waals surface area contributed by atoms with Crippen molar-refractivity contribution in [3.8, 4) is 0 Å². The summed E-state index contributed by atoms with van der Waals surface area (Å²) in [6.07, 6.45) is 3.89. The van der Waals surface area contributed by atoms with Gasteiger partial charge in [-0.1, -0.05) is 12.1 Å². The number of carbonyl (C=O) groups is 2. The maximum atomic E-state index is 12.6. The molecule has 1 amide bonds. The SMILES string of the molecule is O=C(O)C1=CC(C(=O)NCc2ccc(P)c(Nc3c(I)c(=O)c3=O)c2)=NC2=CC(O)=CC21. The average Bonchev–Trinajstić information content (AvgIpc) is 3.15. The zero-order chi connectivity index (χ0) is 23.2. The summed E-state index contributed by atoms with van der Waals surface area (Å²) in [4.78, 5) is 51.5. The number of nitrogens with zero attached hydrogens (tertiary/aromatic N) is 1. The summed E-state index contributed by atoms with van der Waals surface area (Å²) >= 11 is 1.81. The molecule has 1 heterocycles. The fourth-order valence-electron chi connectivity index (χ4n) is 3.32. The van der Waals surface area contributed by atoms with E-state index >= 15 is 0 Å². The van der Waals surface area contributed by atoms with Gasteiger partial charge in [-0.05, 0) is 51.7 Å². The largest absolute Gasteiger partial charge is 0.508 e. The van der Waals surface area contributed by atoms with Gasteiger partial charge in [0, 0.05) is 18.3 Å². The smallest absolute Gasteiger partial charge is 0.332 e. The van der Waals surface area contributed by atoms with Crippen LogP contribution in [0, 0.1) is 9.49 Å². The second-order valence-electron chi connectivity index (χ2n) is 7.12. The molecule has 11 heteroatoms. The Balaban J connectivity index is 1.49. The number of benzene rings is 1. The number of fused-ring (bicyclic) bond motifs is 1. The third-order valence-electron chi connectivity index (χ3n) is 4.99. The number of allylic oxidation sites excluding steroid dienone is 2. The molecule has 2 aromatic rings. The van der Waals surface area contributed by atoms with Gasteiger partial charge in [-0.3, -0.25) is 14.4 Å². The normalized spacial score (nSPS) is 17.1. The fourth-order valence-corrected chi connectivity index (χ4v) is 4.20. The minimum absolute atomic E-state index is 0.0538. The summed E-state index contributed by atoms with van der Waals surface area (Å²) in [7, 11) is 2.52. The molecular weight excluding hydrogens is 548 g/mol. The highest BCUT2D eigenvalue weighted by molar-refractivity contribution is 14.1. The van der Waals surface area contributed by atoms with Crippen molar-refractivity contribution in [3.63, 3.8) is 0 Å². The molecule has 2 aliphatic rings. The molecule has 2 aromatic carbocycles. The van der Waals surface area contributed by atoms with Gasteiger partial charge in [-0.15, -0.1) is 9.24 Å². The molecule has 1 aliphatic heterocycles. The number of aliphatic carboxylic acids is 1. The van der Waals surface area contributed by atoms with Gasteiger partial charge in [0.25, 0.3) is 11.3 Å². The van der Waals surface area contributed by atoms with Crippen LogP contribution in [0.15, 0.2) is 68.0 Å². The number of aliphatic hydroxyl groups excluding tert-OH is 1. The molecule has 32 heavy (non-hydrogen) atoms. The van der Waals surface area contributed by atoms with Crippen LogP contribution in [0.2, 0.25) is 0 Å². The number of dihydropyridines is 1. The van der Waals surface area contributed by atoms with E-state index in [0.717, 1.165) is 5.30 Å². The third kappa shape index (κ3) is 4.03. The van der Waals surface area contributed by atoms with Crippen LogP contribution in [-0.2, 0) is 16.1 Å². The van der Waals surface area contributed by atoms with Crippen LogP contribution in [0.25, 0.3) is 0 Å². The predicted molar refractivity (Wildman–Crippen MR) is 130 cm³/mol. The summed E-state index contributed by atoms with van der Waals surface area (Å²) in [5, 5.41) is 25.5. The molecule has 4 rings (SSSR count). The summed E-state index contributed by atoms with van der Waals surface area (Å²) in [5.74, 6) is -2.57. The Bertz CT molecular complexity index is 1380. The van der Waals surface area contributed by atoms with Crippen LogP contribution in [0.4, 0.5) is 11.4 Å². The number of carboxylic acid groups (broad SMARTS) is 1. The second-order valence-corrected chi connectivity index (χ2v) is 8.82. The number of anilines is 2. The van der Waals surface area contributed by atoms with Crippen LogP contribution >= 0.6 is 31.8 Å². The molecule has 162 valence electrons. The average molecular weight is 563 g/mol. The van der Waals surface area contributed by atoms with Crippen LogP contribution in [0.5, 0.6) is 0 Å². The quantitative estimate of drug-likeness (QED) is 0.235. The number of aliphatic imine (C=N–C) groups is 1. The number of aliphatic hydroxyl groups is 1. The molecule has 0 aromatic heterocycles. The molecule has 0 bridgehead atoms. The Morgan fingerprint density at radius 2 is 1.94 bits per heavy atom. The zero-order valence-corrected chi connectivity index (χ0v) is 19.5. The molecule has 2 unspecified atom stereocenters. The second kappa shape index (κ2) is 8.44. The highest BCUT2D eigenvalue weighted by Gasteiger charge is 2.32. The predicted octanol–water partition coefficient (Wildman–Crippen LogP) is 1.17. The maximum absolute atomic E-state index is 12.6. The van der Waals surface area contributed by atoms with Crippen molar-refractivity contribution in [3.05, 3.63) is 83.0 Å². The van der Waals surface area contributed by atoms with Crippen LogP contribution in [-0.4, -0.2) is 27.8 Å². The van der Waals surface area contributed by atoms with Gasteiger partial charge in [0.05, 0.1) is 20.8 Å². The number of hydrogen-bond donors (Lipinski definition) is 4. The first kappa shape index (κ1) is 22.1. The molecule has 0 radical (unpaired) electrons. The standard InChI is InChI=1S/C21H15IN3O6P/c22-16-17(19(28)18(16)27)25-13-3-8(1-2-15(13)32)7-23-20(29)14-6-11(21(30)31)10-4-9(26)5-12(10)24-14/h1-6,10,25-26H,7,32H2,(H,23,29)(H,30,31). The lowest BCUT2D eigenvalue weighted by Gasteiger charge is -2.18. The van der Waals surface area contributed by atoms with Crippen molar-refractivity contribution in [2.24, 2.45) is 10.9 Å². The Morgan fingerprint density at radius 1 is 1.19 bits per heavy atom. The van der Waals surface area contributed by atoms with Gasteiger partial charge in [0.15, 0.2) is 0 Å². The monoisotopic (exact) mass is 563 g/mol. The number of carboxylic acids is 1. The van der Waals surface area contributed by atoms with Crippen LogP contribution < -0.4 is 26.8 Å². The van der Waals surface area contributed by atoms with Crippen molar-refractivity contribution >= 4 is 66.1 Å². The third-order valence-corrected chi connectivity index (χ3v) is 6.52. The van der Waals surface area contributed by atoms with Gasteiger partial charge in [-0.25, -0.2) is 9.79 Å². The first-order chi connectivity index (χ1) is 15.2. The molecule has 0 fully saturated rings. The van der Waals surface area contributed by atoms with E-state index < -0.39 is 28.7 Å². The number of amides is 1. The molecule has 0 spiro atoms. The van der Waals surface area contributed by atoms with Crippen molar-refractivity contribution in [1.82, 2.24) is 5.32 Å². The van der Waals surface area contributed by atoms with Crippen molar-refractivity contribution in [2.75, 3.05) is 5.32 Å². The first-order valence-corrected chi connectivity index (χ1v) is 10.9. The van der Waals surface area contributed by atoms with Gasteiger partial charge in [0.1, 0.15) is 17.2 Å². The summed E-state index contributed by atoms with van der Waals surface area (Å²) in [6, 6.07) is 5.28. The van der Waals surface area contributed by atoms with E-state index in [2.05, 4.69) is 24.9 Å². The maximum Gasteiger partial charge on any atom is 0.332 e. The minimum Gasteiger partial charge on any atom is -0.508 e. The van der Waals surface area contributed by atoms with E-state index in [1.165, 1.54) is 18.2 Å². The Kier molecular flexibility index (Phi) is 5.83. The van der Waals surface area contributed by atoms with E-state index in [-0.39, 0.29) is 35.0 Å². The Hall–Kier alpha value is -3.11. The van der Waals surface area contributed by atoms with Crippen LogP contribution in [0.3, 0.4) is 0 Å². The van der Waals surface area contributed by atoms with Gasteiger partial charge < -0.3 is 20.8 Å². The number of nitrogens with one attached hydrogen (secondary N) is 2. The van der Waals surface area contributed by atoms with Gasteiger partial charge in [-0.2, -0.15) is 0 Å². The van der Waals surface area contributed by atoms with E-state index in [9.17, 15) is 29.4 Å². The van der Waals surface area contributed by atoms with Crippen molar-refractivity contribution < 1.29 is 19.8 Å². The van der Waals surface area contributed by atoms with Crippen molar-refractivity contribution in [2.45, 2.75) is 6.54 Å². The lowest BCUT2D eigenvalue weighted by atomic mass is 9.94. The van der Waals surface area contributed by atoms with E-state index in [0.29, 0.717) is 14.8 Å². The topological polar surface area (TPSA) is 145 Å². The Morgan fingerprint density at radius 3 is 2.62 bits per heavy atom. The number of halogens is 1. The van der Waals surface area contributed by atoms with E-state index in [4.69, 9.17) is 0 Å². The molecular formula is C21H15IN3O6P. The minimum atomic E-state index is -1.20. The first-order valence-electron chi connectivity index (χ1n) is 9.24. The lowest BCUT2D eigenvalue weighted by molar-refractivity contribution is -0.133. The summed E-state index contributed by atoms with van der Waals surface area (Å²) in [5.41, 5.74) is 0.593. The number of rotatable bonds is 6. The summed E-state index contributed by atoms with van der Waals surface area (Å²) in [6.45, 7) is 0.114. The highest BCUT2D eigenvalue weighted by Crippen LogP contribution is 2.33. The number of hydrogen-bond acceptors (Lipinski definition) is 7. The Labute approximate surface area is 196 Å². The van der Waals surface area contributed by atoms with Gasteiger partial charge >= 0.3 is 5.97 Å². The summed E-state index contributed by atoms with van der Waals surface area (Å²) < 4.78 is 0.340. The molecule has 2 atom stereocenters. The van der Waals surface area contributed by atoms with Crippen LogP contribution in [0.1, 0.15) is 5.56 Å². The fraction of sp³-hybridized carbons (Fsp3) is 0.0952. The molecule has 0 saturated carbocycles. The highest BCUT2D eigenvalue weighted by atomic mass is 127. The molecule has 9 nitrogen and oxygen atoms in total. The molecule has 1 aliphatic carbocycles. The van der Waals surface area contributed by atoms with Crippen molar-refractivity contribution in [1.29, 1.82) is 0 Å². The zero-order valence-electron chi connectivity index (χ0n) is 16.2. The molecule has 4 N–H and O–H groups in total. The molecule has 0 saturated heterocycles. The van der Waals surface area contributed by atoms with Gasteiger partial charge in [0.2, 0.25) is 5.43 Å². The number of carbonyl (C=O) groups excluding carboxylic acids is 1. The van der Waals surface area contributed by atoms with E-state index in [1.54, 1.807) is 18.2 Å². The lowest BCUT2D eigenvalue weighted by Crippen LogP contribution is -2.36.